The molecule has 8 nitrogen and oxygen atoms in total. The van der Waals surface area contributed by atoms with Crippen LogP contribution in [-0.4, -0.2) is 73.4 Å². The van der Waals surface area contributed by atoms with E-state index in [1.165, 1.54) is 250 Å². The average Bonchev–Trinajstić information content (AvgIpc) is 3.37. The number of phosphoric acid groups is 1. The zero-order valence-corrected chi connectivity index (χ0v) is 51.7. The Kier molecular flexibility index (Phi) is 56.4. The van der Waals surface area contributed by atoms with Crippen molar-refractivity contribution < 1.29 is 32.9 Å². The van der Waals surface area contributed by atoms with Gasteiger partial charge < -0.3 is 19.8 Å². The van der Waals surface area contributed by atoms with E-state index in [0.29, 0.717) is 23.9 Å². The van der Waals surface area contributed by atoms with E-state index in [1.54, 1.807) is 0 Å². The molecule has 0 aromatic heterocycles. The Morgan fingerprint density at radius 1 is 0.453 bits per heavy atom. The summed E-state index contributed by atoms with van der Waals surface area (Å²) >= 11 is 0. The normalized spacial score (nSPS) is 14.0. The van der Waals surface area contributed by atoms with Gasteiger partial charge in [0.2, 0.25) is 5.91 Å². The van der Waals surface area contributed by atoms with Gasteiger partial charge in [0.1, 0.15) is 13.2 Å². The number of unbranched alkanes of at least 4 members (excludes halogenated alkanes) is 42. The summed E-state index contributed by atoms with van der Waals surface area (Å²) < 4.78 is 23.8. The second-order valence-electron chi connectivity index (χ2n) is 23.9. The fourth-order valence-corrected chi connectivity index (χ4v) is 10.7. The number of hydrogen-bond donors (Lipinski definition) is 3. The van der Waals surface area contributed by atoms with E-state index in [0.717, 1.165) is 51.4 Å². The molecule has 0 saturated heterocycles. The highest BCUT2D eigenvalue weighted by atomic mass is 31.2. The summed E-state index contributed by atoms with van der Waals surface area (Å²) in [6.07, 6.45) is 75.1. The number of aliphatic hydroxyl groups excluding tert-OH is 1. The molecule has 75 heavy (non-hydrogen) atoms. The lowest BCUT2D eigenvalue weighted by Crippen LogP contribution is -2.46. The smallest absolute Gasteiger partial charge is 0.391 e. The minimum atomic E-state index is -4.32. The minimum Gasteiger partial charge on any atom is -0.391 e. The molecular weight excluding hydrogens is 948 g/mol. The van der Waals surface area contributed by atoms with Gasteiger partial charge in [-0.2, -0.15) is 0 Å². The lowest BCUT2D eigenvalue weighted by molar-refractivity contribution is -0.870. The second kappa shape index (κ2) is 57.4. The Morgan fingerprint density at radius 3 is 1.11 bits per heavy atom. The summed E-state index contributed by atoms with van der Waals surface area (Å²) in [6, 6.07) is -0.759. The molecule has 0 radical (unpaired) electrons. The Hall–Kier alpha value is -1.28. The van der Waals surface area contributed by atoms with E-state index >= 15 is 0 Å². The predicted molar refractivity (Wildman–Crippen MR) is 328 cm³/mol. The first kappa shape index (κ1) is 73.7. The topological polar surface area (TPSA) is 105 Å². The maximum absolute atomic E-state index is 13.0. The molecule has 1 amide bonds. The second-order valence-corrected chi connectivity index (χ2v) is 25.3. The first-order chi connectivity index (χ1) is 36.5. The van der Waals surface area contributed by atoms with Crippen molar-refractivity contribution in [1.29, 1.82) is 0 Å². The molecule has 0 spiro atoms. The number of nitrogens with zero attached hydrogens (tertiary/aromatic N) is 1. The highest BCUT2D eigenvalue weighted by Gasteiger charge is 2.28. The van der Waals surface area contributed by atoms with Crippen LogP contribution >= 0.6 is 7.82 Å². The number of nitrogens with one attached hydrogen (secondary N) is 1. The minimum absolute atomic E-state index is 0.0767. The molecule has 0 fully saturated rings. The van der Waals surface area contributed by atoms with Gasteiger partial charge in [0.25, 0.3) is 0 Å². The van der Waals surface area contributed by atoms with Crippen molar-refractivity contribution in [2.24, 2.45) is 0 Å². The van der Waals surface area contributed by atoms with Crippen LogP contribution in [-0.2, 0) is 18.4 Å². The standard InChI is InChI=1S/C66H129N2O6P/c1-6-8-10-12-14-16-18-20-22-24-26-27-28-29-30-31-32-33-34-35-36-37-38-39-40-41-42-44-46-48-50-52-54-56-58-60-66(70)67-64(63-74-75(71,72)73-62-61-68(3,4)5)65(69)59-57-55-53-51-49-47-45-43-25-23-21-19-17-15-13-11-9-7-2/h18,20,24,26,28-29,64-65,69H,6-17,19,21-23,25,27,30-63H2,1-5H3,(H-,67,70,71,72)/p+1/b20-18-,26-24-,29-28-. The van der Waals surface area contributed by atoms with Crippen LogP contribution in [0, 0.1) is 0 Å². The quantitative estimate of drug-likeness (QED) is 0.0243. The number of likely N-dealkylation sites (N-methyl/N-ethyl adjacent to an activating group) is 1. The van der Waals surface area contributed by atoms with Gasteiger partial charge in [-0.3, -0.25) is 13.8 Å². The van der Waals surface area contributed by atoms with Crippen LogP contribution in [0.1, 0.15) is 328 Å². The van der Waals surface area contributed by atoms with Crippen LogP contribution in [0.3, 0.4) is 0 Å². The molecule has 3 atom stereocenters. The van der Waals surface area contributed by atoms with E-state index in [1.807, 2.05) is 21.1 Å². The number of hydrogen-bond acceptors (Lipinski definition) is 5. The number of rotatable bonds is 61. The van der Waals surface area contributed by atoms with Gasteiger partial charge in [0.15, 0.2) is 0 Å². The van der Waals surface area contributed by atoms with Crippen LogP contribution < -0.4 is 5.32 Å². The summed E-state index contributed by atoms with van der Waals surface area (Å²) in [7, 11) is 1.63. The first-order valence-corrected chi connectivity index (χ1v) is 34.3. The van der Waals surface area contributed by atoms with Crippen molar-refractivity contribution in [3.63, 3.8) is 0 Å². The van der Waals surface area contributed by atoms with Gasteiger partial charge in [-0.1, -0.05) is 307 Å². The largest absolute Gasteiger partial charge is 0.472 e. The van der Waals surface area contributed by atoms with Crippen molar-refractivity contribution in [3.8, 4) is 0 Å². The number of quaternary nitrogens is 1. The number of phosphoric ester groups is 1. The number of carbonyl (C=O) groups excluding carboxylic acids is 1. The highest BCUT2D eigenvalue weighted by molar-refractivity contribution is 7.47. The number of aliphatic hydroxyl groups is 1. The number of allylic oxidation sites excluding steroid dienone is 6. The van der Waals surface area contributed by atoms with E-state index in [9.17, 15) is 19.4 Å². The van der Waals surface area contributed by atoms with Crippen LogP contribution in [0.15, 0.2) is 36.5 Å². The Bertz CT molecular complexity index is 1320. The van der Waals surface area contributed by atoms with E-state index in [2.05, 4.69) is 55.6 Å². The molecule has 3 unspecified atom stereocenters. The van der Waals surface area contributed by atoms with Crippen LogP contribution in [0.2, 0.25) is 0 Å². The summed E-state index contributed by atoms with van der Waals surface area (Å²) in [4.78, 5) is 23.4. The molecule has 3 N–H and O–H groups in total. The van der Waals surface area contributed by atoms with Crippen LogP contribution in [0.25, 0.3) is 0 Å². The monoisotopic (exact) mass is 1080 g/mol. The number of amides is 1. The SMILES string of the molecule is CCCCCCC/C=C\C/C=C\C/C=C\CCCCCCCCCCCCCCCCCCCCCCC(=O)NC(COP(=O)(O)OCC[N+](C)(C)C)C(O)CCCCCCCCCCCCCCCCCCCC. The third-order valence-corrected chi connectivity index (χ3v) is 16.1. The lowest BCUT2D eigenvalue weighted by Gasteiger charge is -2.26. The van der Waals surface area contributed by atoms with Gasteiger partial charge in [0.05, 0.1) is 39.9 Å². The van der Waals surface area contributed by atoms with Crippen molar-refractivity contribution in [2.45, 2.75) is 341 Å². The zero-order valence-electron chi connectivity index (χ0n) is 50.8. The third-order valence-electron chi connectivity index (χ3n) is 15.1. The Balaban J connectivity index is 3.97. The highest BCUT2D eigenvalue weighted by Crippen LogP contribution is 2.43. The van der Waals surface area contributed by atoms with Gasteiger partial charge in [0, 0.05) is 6.42 Å². The molecule has 0 aliphatic carbocycles. The Labute approximate surface area is 467 Å². The third kappa shape index (κ3) is 60.2. The van der Waals surface area contributed by atoms with Crippen molar-refractivity contribution >= 4 is 13.7 Å². The maximum Gasteiger partial charge on any atom is 0.472 e. The summed E-state index contributed by atoms with van der Waals surface area (Å²) in [6.45, 7) is 4.92. The summed E-state index contributed by atoms with van der Waals surface area (Å²) in [5, 5.41) is 14.1. The fraction of sp³-hybridized carbons (Fsp3) is 0.894. The molecule has 0 rings (SSSR count). The van der Waals surface area contributed by atoms with E-state index < -0.39 is 20.0 Å². The Morgan fingerprint density at radius 2 is 0.760 bits per heavy atom. The predicted octanol–water partition coefficient (Wildman–Crippen LogP) is 20.5. The van der Waals surface area contributed by atoms with Crippen molar-refractivity contribution in [2.75, 3.05) is 40.9 Å². The molecule has 0 aliphatic rings. The van der Waals surface area contributed by atoms with Crippen molar-refractivity contribution in [1.82, 2.24) is 5.32 Å². The van der Waals surface area contributed by atoms with Crippen LogP contribution in [0.4, 0.5) is 0 Å². The molecule has 0 aromatic carbocycles. The van der Waals surface area contributed by atoms with Gasteiger partial charge in [-0.25, -0.2) is 4.57 Å². The molecule has 9 heteroatoms. The van der Waals surface area contributed by atoms with Gasteiger partial charge >= 0.3 is 7.82 Å². The molecule has 0 saturated carbocycles. The van der Waals surface area contributed by atoms with Gasteiger partial charge in [-0.15, -0.1) is 0 Å². The van der Waals surface area contributed by atoms with E-state index in [-0.39, 0.29) is 19.1 Å². The van der Waals surface area contributed by atoms with Gasteiger partial charge in [-0.05, 0) is 51.4 Å². The fourth-order valence-electron chi connectivity index (χ4n) is 10.00. The molecule has 444 valence electrons. The zero-order chi connectivity index (χ0) is 54.9. The average molecular weight is 1080 g/mol. The summed E-state index contributed by atoms with van der Waals surface area (Å²) in [5.41, 5.74) is 0. The molecule has 0 aromatic rings. The molecule has 0 bridgehead atoms. The van der Waals surface area contributed by atoms with Crippen molar-refractivity contribution in [3.05, 3.63) is 36.5 Å². The first-order valence-electron chi connectivity index (χ1n) is 32.9. The van der Waals surface area contributed by atoms with E-state index in [4.69, 9.17) is 9.05 Å². The molecule has 0 heterocycles. The summed E-state index contributed by atoms with van der Waals surface area (Å²) in [5.74, 6) is -0.138. The maximum atomic E-state index is 13.0. The number of carbonyl (C=O) groups is 1. The van der Waals surface area contributed by atoms with Crippen LogP contribution in [0.5, 0.6) is 0 Å². The molecular formula is C66H130N2O6P+. The lowest BCUT2D eigenvalue weighted by atomic mass is 10.0. The molecule has 0 aliphatic heterocycles.